The summed E-state index contributed by atoms with van der Waals surface area (Å²) in [7, 11) is 0. The van der Waals surface area contributed by atoms with E-state index < -0.39 is 0 Å². The lowest BCUT2D eigenvalue weighted by Crippen LogP contribution is -2.38. The quantitative estimate of drug-likeness (QED) is 0.865. The van der Waals surface area contributed by atoms with E-state index in [1.54, 1.807) is 6.20 Å². The van der Waals surface area contributed by atoms with Crippen molar-refractivity contribution in [3.63, 3.8) is 0 Å². The zero-order valence-corrected chi connectivity index (χ0v) is 10.8. The van der Waals surface area contributed by atoms with Gasteiger partial charge in [-0.1, -0.05) is 0 Å². The van der Waals surface area contributed by atoms with Gasteiger partial charge in [-0.15, -0.1) is 0 Å². The Hall–Kier alpha value is -1.16. The Morgan fingerprint density at radius 2 is 2.35 bits per heavy atom. The minimum absolute atomic E-state index is 0.295. The molecule has 0 spiro atoms. The van der Waals surface area contributed by atoms with Gasteiger partial charge in [-0.25, -0.2) is 4.98 Å². The maximum Gasteiger partial charge on any atom is 0.147 e. The van der Waals surface area contributed by atoms with Gasteiger partial charge in [0.25, 0.3) is 0 Å². The molecular formula is C13H22N4. The normalized spacial score (nSPS) is 22.5. The molecule has 1 saturated heterocycles. The van der Waals surface area contributed by atoms with Gasteiger partial charge in [0.2, 0.25) is 0 Å². The van der Waals surface area contributed by atoms with Crippen LogP contribution >= 0.6 is 0 Å². The van der Waals surface area contributed by atoms with Crippen molar-refractivity contribution < 1.29 is 0 Å². The topological polar surface area (TPSA) is 55.0 Å². The molecule has 2 rings (SSSR count). The van der Waals surface area contributed by atoms with Crippen LogP contribution in [0.3, 0.4) is 0 Å². The van der Waals surface area contributed by atoms with Crippen LogP contribution < -0.4 is 10.6 Å². The Morgan fingerprint density at radius 1 is 1.53 bits per heavy atom. The van der Waals surface area contributed by atoms with Gasteiger partial charge >= 0.3 is 0 Å². The summed E-state index contributed by atoms with van der Waals surface area (Å²) >= 11 is 0. The van der Waals surface area contributed by atoms with Gasteiger partial charge in [0.15, 0.2) is 0 Å². The van der Waals surface area contributed by atoms with Crippen LogP contribution in [0.25, 0.3) is 0 Å². The van der Waals surface area contributed by atoms with E-state index in [9.17, 15) is 0 Å². The zero-order chi connectivity index (χ0) is 12.3. The molecule has 2 N–H and O–H groups in total. The maximum atomic E-state index is 5.89. The van der Waals surface area contributed by atoms with Crippen LogP contribution in [0.4, 0.5) is 5.82 Å². The summed E-state index contributed by atoms with van der Waals surface area (Å²) in [6.45, 7) is 6.23. The number of piperidine rings is 1. The number of rotatable bonds is 3. The molecule has 1 aromatic rings. The summed E-state index contributed by atoms with van der Waals surface area (Å²) in [6.07, 6.45) is 7.29. The average molecular weight is 234 g/mol. The van der Waals surface area contributed by atoms with E-state index in [2.05, 4.69) is 21.8 Å². The predicted molar refractivity (Wildman–Crippen MR) is 70.0 cm³/mol. The van der Waals surface area contributed by atoms with E-state index in [1.807, 2.05) is 13.1 Å². The zero-order valence-electron chi connectivity index (χ0n) is 10.8. The highest BCUT2D eigenvalue weighted by Gasteiger charge is 2.21. The average Bonchev–Trinajstić information content (AvgIpc) is 2.28. The molecule has 0 radical (unpaired) electrons. The Labute approximate surface area is 103 Å². The van der Waals surface area contributed by atoms with Gasteiger partial charge in [-0.3, -0.25) is 4.98 Å². The molecule has 0 amide bonds. The molecule has 4 nitrogen and oxygen atoms in total. The van der Waals surface area contributed by atoms with Crippen molar-refractivity contribution in [2.75, 3.05) is 18.0 Å². The van der Waals surface area contributed by atoms with Crippen LogP contribution in [-0.4, -0.2) is 29.1 Å². The molecule has 1 aliphatic heterocycles. The van der Waals surface area contributed by atoms with Crippen LogP contribution in [0.5, 0.6) is 0 Å². The van der Waals surface area contributed by atoms with E-state index in [1.165, 1.54) is 12.8 Å². The summed E-state index contributed by atoms with van der Waals surface area (Å²) in [4.78, 5) is 11.1. The first kappa shape index (κ1) is 12.3. The third-order valence-electron chi connectivity index (χ3n) is 3.29. The molecule has 0 aromatic carbocycles. The van der Waals surface area contributed by atoms with Crippen molar-refractivity contribution in [3.05, 3.63) is 18.1 Å². The van der Waals surface area contributed by atoms with Crippen molar-refractivity contribution in [3.8, 4) is 0 Å². The van der Waals surface area contributed by atoms with Gasteiger partial charge in [0.05, 0.1) is 11.9 Å². The molecule has 2 atom stereocenters. The highest BCUT2D eigenvalue weighted by molar-refractivity contribution is 5.36. The van der Waals surface area contributed by atoms with E-state index >= 15 is 0 Å². The molecule has 1 fully saturated rings. The van der Waals surface area contributed by atoms with Crippen LogP contribution in [0.1, 0.15) is 31.9 Å². The molecule has 0 bridgehead atoms. The highest BCUT2D eigenvalue weighted by Crippen LogP contribution is 2.23. The third-order valence-corrected chi connectivity index (χ3v) is 3.29. The predicted octanol–water partition coefficient (Wildman–Crippen LogP) is 1.74. The first-order chi connectivity index (χ1) is 8.15. The van der Waals surface area contributed by atoms with Gasteiger partial charge in [0.1, 0.15) is 5.82 Å². The Kier molecular flexibility index (Phi) is 3.94. The Morgan fingerprint density at radius 3 is 3.06 bits per heavy atom. The van der Waals surface area contributed by atoms with Crippen molar-refractivity contribution in [2.45, 2.75) is 39.2 Å². The number of nitrogens with two attached hydrogens (primary N) is 1. The van der Waals surface area contributed by atoms with E-state index in [0.717, 1.165) is 31.0 Å². The molecular weight excluding hydrogens is 212 g/mol. The standard InChI is InChI=1S/C13H22N4/c1-10(14)6-12-4-3-5-17(9-12)13-8-15-7-11(2)16-13/h7-8,10,12H,3-6,9,14H2,1-2H3. The SMILES string of the molecule is Cc1cncc(N2CCCC(CC(C)N)C2)n1. The fourth-order valence-electron chi connectivity index (χ4n) is 2.59. The van der Waals surface area contributed by atoms with Gasteiger partial charge < -0.3 is 10.6 Å². The lowest BCUT2D eigenvalue weighted by molar-refractivity contribution is 0.368. The number of hydrogen-bond acceptors (Lipinski definition) is 4. The van der Waals surface area contributed by atoms with Crippen LogP contribution in [0.15, 0.2) is 12.4 Å². The van der Waals surface area contributed by atoms with Crippen molar-refractivity contribution in [2.24, 2.45) is 11.7 Å². The second-order valence-electron chi connectivity index (χ2n) is 5.19. The fourth-order valence-corrected chi connectivity index (χ4v) is 2.59. The smallest absolute Gasteiger partial charge is 0.147 e. The van der Waals surface area contributed by atoms with Crippen molar-refractivity contribution >= 4 is 5.82 Å². The van der Waals surface area contributed by atoms with E-state index in [4.69, 9.17) is 5.73 Å². The summed E-state index contributed by atoms with van der Waals surface area (Å²) < 4.78 is 0. The summed E-state index contributed by atoms with van der Waals surface area (Å²) in [5, 5.41) is 0. The molecule has 4 heteroatoms. The minimum atomic E-state index is 0.295. The number of nitrogens with zero attached hydrogens (tertiary/aromatic N) is 3. The molecule has 94 valence electrons. The van der Waals surface area contributed by atoms with Crippen molar-refractivity contribution in [1.82, 2.24) is 9.97 Å². The second kappa shape index (κ2) is 5.45. The molecule has 2 heterocycles. The van der Waals surface area contributed by atoms with E-state index in [-0.39, 0.29) is 0 Å². The largest absolute Gasteiger partial charge is 0.355 e. The van der Waals surface area contributed by atoms with Gasteiger partial charge in [-0.05, 0) is 39.0 Å². The molecule has 2 unspecified atom stereocenters. The third kappa shape index (κ3) is 3.40. The number of hydrogen-bond donors (Lipinski definition) is 1. The number of anilines is 1. The molecule has 1 aromatic heterocycles. The first-order valence-corrected chi connectivity index (χ1v) is 6.44. The molecule has 0 aliphatic carbocycles. The van der Waals surface area contributed by atoms with E-state index in [0.29, 0.717) is 12.0 Å². The Balaban J connectivity index is 2.02. The minimum Gasteiger partial charge on any atom is -0.355 e. The van der Waals surface area contributed by atoms with Crippen LogP contribution in [0.2, 0.25) is 0 Å². The summed E-state index contributed by atoms with van der Waals surface area (Å²) in [6, 6.07) is 0.295. The lowest BCUT2D eigenvalue weighted by Gasteiger charge is -2.34. The van der Waals surface area contributed by atoms with Crippen LogP contribution in [0, 0.1) is 12.8 Å². The monoisotopic (exact) mass is 234 g/mol. The van der Waals surface area contributed by atoms with Gasteiger partial charge in [-0.2, -0.15) is 0 Å². The van der Waals surface area contributed by atoms with Gasteiger partial charge in [0, 0.05) is 25.3 Å². The lowest BCUT2D eigenvalue weighted by atomic mass is 9.92. The molecule has 1 aliphatic rings. The summed E-state index contributed by atoms with van der Waals surface area (Å²) in [5.41, 5.74) is 6.87. The maximum absolute atomic E-state index is 5.89. The number of aryl methyl sites for hydroxylation is 1. The first-order valence-electron chi connectivity index (χ1n) is 6.44. The second-order valence-corrected chi connectivity index (χ2v) is 5.19. The molecule has 17 heavy (non-hydrogen) atoms. The van der Waals surface area contributed by atoms with Crippen LogP contribution in [-0.2, 0) is 0 Å². The van der Waals surface area contributed by atoms with Crippen molar-refractivity contribution in [1.29, 1.82) is 0 Å². The fraction of sp³-hybridized carbons (Fsp3) is 0.692. The Bertz CT molecular complexity index is 364. The summed E-state index contributed by atoms with van der Waals surface area (Å²) in [5.74, 6) is 1.71. The number of aromatic nitrogens is 2. The molecule has 0 saturated carbocycles. The highest BCUT2D eigenvalue weighted by atomic mass is 15.2.